The fourth-order valence-corrected chi connectivity index (χ4v) is 2.15. The number of fused-ring (bicyclic) bond motifs is 1. The monoisotopic (exact) mass is 302 g/mol. The van der Waals surface area contributed by atoms with Gasteiger partial charge in [-0.1, -0.05) is 11.6 Å². The highest BCUT2D eigenvalue weighted by Gasteiger charge is 2.12. The van der Waals surface area contributed by atoms with Crippen molar-refractivity contribution in [1.82, 2.24) is 9.97 Å². The number of aromatic nitrogens is 2. The lowest BCUT2D eigenvalue weighted by Crippen LogP contribution is -1.98. The van der Waals surface area contributed by atoms with Gasteiger partial charge in [0.25, 0.3) is 0 Å². The Labute approximate surface area is 125 Å². The summed E-state index contributed by atoms with van der Waals surface area (Å²) < 4.78 is 5.61. The van der Waals surface area contributed by atoms with E-state index in [4.69, 9.17) is 21.4 Å². The predicted molar refractivity (Wildman–Crippen MR) is 78.8 cm³/mol. The molecular weight excluding hydrogens is 292 g/mol. The number of carboxylic acids is 1. The molecule has 0 bridgehead atoms. The van der Waals surface area contributed by atoms with Gasteiger partial charge in [-0.2, -0.15) is 0 Å². The number of aromatic carboxylic acids is 1. The van der Waals surface area contributed by atoms with Crippen LogP contribution in [0.5, 0.6) is 5.75 Å². The molecule has 106 valence electrons. The number of hydrogen-bond donors (Lipinski definition) is 2. The summed E-state index contributed by atoms with van der Waals surface area (Å²) in [5, 5.41) is 9.78. The maximum atomic E-state index is 11.1. The summed E-state index contributed by atoms with van der Waals surface area (Å²) in [4.78, 5) is 18.3. The van der Waals surface area contributed by atoms with Crippen LogP contribution in [0.4, 0.5) is 0 Å². The first-order valence-electron chi connectivity index (χ1n) is 6.22. The summed E-state index contributed by atoms with van der Waals surface area (Å²) in [6.07, 6.45) is 1.48. The van der Waals surface area contributed by atoms with E-state index < -0.39 is 5.97 Å². The second-order valence-electron chi connectivity index (χ2n) is 4.46. The highest BCUT2D eigenvalue weighted by Crippen LogP contribution is 2.20. The molecule has 0 radical (unpaired) electrons. The number of pyridine rings is 1. The van der Waals surface area contributed by atoms with Crippen LogP contribution in [0.15, 0.2) is 42.6 Å². The number of benzene rings is 1. The van der Waals surface area contributed by atoms with E-state index in [1.165, 1.54) is 12.3 Å². The Bertz CT molecular complexity index is 796. The third-order valence-corrected chi connectivity index (χ3v) is 3.27. The quantitative estimate of drug-likeness (QED) is 0.773. The number of halogens is 1. The van der Waals surface area contributed by atoms with E-state index in [1.54, 1.807) is 30.3 Å². The van der Waals surface area contributed by atoms with Crippen LogP contribution >= 0.6 is 11.6 Å². The first-order chi connectivity index (χ1) is 10.1. The van der Waals surface area contributed by atoms with Gasteiger partial charge in [0.15, 0.2) is 0 Å². The third-order valence-electron chi connectivity index (χ3n) is 3.02. The van der Waals surface area contributed by atoms with E-state index >= 15 is 0 Å². The standard InChI is InChI=1S/C15H11ClN2O3/c16-9-1-3-11(4-2-9)21-8-10-7-13-14(18-10)12(15(19)20)5-6-17-13/h1-7,18H,8H2,(H,19,20). The van der Waals surface area contributed by atoms with Crippen molar-refractivity contribution >= 4 is 28.6 Å². The number of aromatic amines is 1. The van der Waals surface area contributed by atoms with Crippen LogP contribution in [0.2, 0.25) is 5.02 Å². The molecule has 0 fully saturated rings. The number of H-pyrrole nitrogens is 1. The fourth-order valence-electron chi connectivity index (χ4n) is 2.03. The molecule has 2 N–H and O–H groups in total. The molecule has 0 aliphatic carbocycles. The van der Waals surface area contributed by atoms with Gasteiger partial charge in [-0.3, -0.25) is 4.98 Å². The van der Waals surface area contributed by atoms with Crippen molar-refractivity contribution in [3.63, 3.8) is 0 Å². The largest absolute Gasteiger partial charge is 0.487 e. The van der Waals surface area contributed by atoms with Crippen molar-refractivity contribution in [3.8, 4) is 5.75 Å². The SMILES string of the molecule is O=C(O)c1ccnc2cc(COc3ccc(Cl)cc3)[nH]c12. The van der Waals surface area contributed by atoms with Crippen molar-refractivity contribution in [2.24, 2.45) is 0 Å². The van der Waals surface area contributed by atoms with Crippen molar-refractivity contribution in [1.29, 1.82) is 0 Å². The van der Waals surface area contributed by atoms with Crippen LogP contribution in [0.25, 0.3) is 11.0 Å². The number of nitrogens with zero attached hydrogens (tertiary/aromatic N) is 1. The third kappa shape index (κ3) is 2.83. The molecule has 21 heavy (non-hydrogen) atoms. The van der Waals surface area contributed by atoms with Crippen LogP contribution in [-0.2, 0) is 6.61 Å². The molecule has 0 saturated heterocycles. The Hall–Kier alpha value is -2.53. The lowest BCUT2D eigenvalue weighted by molar-refractivity contribution is 0.0698. The number of rotatable bonds is 4. The van der Waals surface area contributed by atoms with Gasteiger partial charge in [0.2, 0.25) is 0 Å². The second kappa shape index (κ2) is 5.46. The summed E-state index contributed by atoms with van der Waals surface area (Å²) in [5.74, 6) is -0.307. The van der Waals surface area contributed by atoms with E-state index in [-0.39, 0.29) is 12.2 Å². The first-order valence-corrected chi connectivity index (χ1v) is 6.59. The number of carbonyl (C=O) groups is 1. The highest BCUT2D eigenvalue weighted by atomic mass is 35.5. The normalized spacial score (nSPS) is 10.7. The van der Waals surface area contributed by atoms with E-state index in [0.29, 0.717) is 21.8 Å². The highest BCUT2D eigenvalue weighted by molar-refractivity contribution is 6.30. The van der Waals surface area contributed by atoms with Gasteiger partial charge in [-0.05, 0) is 36.4 Å². The smallest absolute Gasteiger partial charge is 0.337 e. The van der Waals surface area contributed by atoms with E-state index in [9.17, 15) is 4.79 Å². The van der Waals surface area contributed by atoms with Crippen molar-refractivity contribution in [2.45, 2.75) is 6.61 Å². The van der Waals surface area contributed by atoms with Crippen LogP contribution in [0.1, 0.15) is 16.1 Å². The van der Waals surface area contributed by atoms with Crippen LogP contribution in [0, 0.1) is 0 Å². The molecule has 0 spiro atoms. The van der Waals surface area contributed by atoms with Gasteiger partial charge in [-0.25, -0.2) is 4.79 Å². The maximum absolute atomic E-state index is 11.1. The molecule has 0 aliphatic rings. The molecular formula is C15H11ClN2O3. The Kier molecular flexibility index (Phi) is 3.50. The second-order valence-corrected chi connectivity index (χ2v) is 4.90. The van der Waals surface area contributed by atoms with Crippen LogP contribution in [0.3, 0.4) is 0 Å². The molecule has 1 aromatic carbocycles. The van der Waals surface area contributed by atoms with Gasteiger partial charge >= 0.3 is 5.97 Å². The maximum Gasteiger partial charge on any atom is 0.337 e. The zero-order chi connectivity index (χ0) is 14.8. The minimum atomic E-state index is -0.991. The summed E-state index contributed by atoms with van der Waals surface area (Å²) in [6, 6.07) is 10.3. The molecule has 2 heterocycles. The number of nitrogens with one attached hydrogen (secondary N) is 1. The zero-order valence-corrected chi connectivity index (χ0v) is 11.6. The molecule has 2 aromatic heterocycles. The topological polar surface area (TPSA) is 75.2 Å². The summed E-state index contributed by atoms with van der Waals surface area (Å²) in [5.41, 5.74) is 2.04. The lowest BCUT2D eigenvalue weighted by atomic mass is 10.2. The van der Waals surface area contributed by atoms with Crippen molar-refractivity contribution in [2.75, 3.05) is 0 Å². The molecule has 0 aliphatic heterocycles. The Morgan fingerprint density at radius 3 is 2.76 bits per heavy atom. The molecule has 0 unspecified atom stereocenters. The average molecular weight is 303 g/mol. The van der Waals surface area contributed by atoms with Gasteiger partial charge in [-0.15, -0.1) is 0 Å². The fraction of sp³-hybridized carbons (Fsp3) is 0.0667. The van der Waals surface area contributed by atoms with Gasteiger partial charge in [0.05, 0.1) is 22.3 Å². The Morgan fingerprint density at radius 2 is 2.05 bits per heavy atom. The molecule has 5 nitrogen and oxygen atoms in total. The average Bonchev–Trinajstić information content (AvgIpc) is 2.89. The van der Waals surface area contributed by atoms with E-state index in [0.717, 1.165) is 5.69 Å². The van der Waals surface area contributed by atoms with Crippen molar-refractivity contribution < 1.29 is 14.6 Å². The van der Waals surface area contributed by atoms with E-state index in [1.807, 2.05) is 0 Å². The molecule has 3 aromatic rings. The minimum absolute atomic E-state index is 0.192. The van der Waals surface area contributed by atoms with Crippen LogP contribution in [-0.4, -0.2) is 21.0 Å². The first kappa shape index (κ1) is 13.5. The summed E-state index contributed by atoms with van der Waals surface area (Å²) in [6.45, 7) is 0.289. The zero-order valence-electron chi connectivity index (χ0n) is 10.8. The van der Waals surface area contributed by atoms with E-state index in [2.05, 4.69) is 9.97 Å². The minimum Gasteiger partial charge on any atom is -0.487 e. The van der Waals surface area contributed by atoms with Gasteiger partial charge in [0, 0.05) is 11.2 Å². The van der Waals surface area contributed by atoms with Gasteiger partial charge < -0.3 is 14.8 Å². The molecule has 0 saturated carbocycles. The van der Waals surface area contributed by atoms with Gasteiger partial charge in [0.1, 0.15) is 12.4 Å². The predicted octanol–water partition coefficient (Wildman–Crippen LogP) is 3.49. The number of carboxylic acid groups (broad SMARTS) is 1. The van der Waals surface area contributed by atoms with Crippen molar-refractivity contribution in [3.05, 3.63) is 58.9 Å². The van der Waals surface area contributed by atoms with Crippen LogP contribution < -0.4 is 4.74 Å². The number of hydrogen-bond acceptors (Lipinski definition) is 3. The Morgan fingerprint density at radius 1 is 1.29 bits per heavy atom. The molecule has 6 heteroatoms. The molecule has 3 rings (SSSR count). The lowest BCUT2D eigenvalue weighted by Gasteiger charge is -2.04. The number of ether oxygens (including phenoxy) is 1. The summed E-state index contributed by atoms with van der Waals surface area (Å²) in [7, 11) is 0. The summed E-state index contributed by atoms with van der Waals surface area (Å²) >= 11 is 5.80. The Balaban J connectivity index is 1.83. The molecule has 0 amide bonds. The molecule has 0 atom stereocenters.